The van der Waals surface area contributed by atoms with Crippen LogP contribution in [0.1, 0.15) is 24.0 Å². The fraction of sp³-hybridized carbons (Fsp3) is 0.316. The van der Waals surface area contributed by atoms with E-state index in [0.717, 1.165) is 43.0 Å². The second kappa shape index (κ2) is 8.22. The molecule has 1 heterocycles. The number of halogens is 1. The highest BCUT2D eigenvalue weighted by atomic mass is 127. The van der Waals surface area contributed by atoms with E-state index in [4.69, 9.17) is 12.2 Å². The van der Waals surface area contributed by atoms with Crippen LogP contribution in [-0.2, 0) is 6.54 Å². The smallest absolute Gasteiger partial charge is 0.106 e. The molecule has 1 aliphatic rings. The van der Waals surface area contributed by atoms with E-state index in [1.54, 1.807) is 0 Å². The first-order valence-electron chi connectivity index (χ1n) is 8.03. The number of nitrogens with zero attached hydrogens (tertiary/aromatic N) is 1. The number of benzene rings is 2. The van der Waals surface area contributed by atoms with E-state index in [2.05, 4.69) is 87.4 Å². The van der Waals surface area contributed by atoms with Crippen LogP contribution in [0.15, 0.2) is 54.6 Å². The third kappa shape index (κ3) is 4.99. The maximum absolute atomic E-state index is 5.55. The van der Waals surface area contributed by atoms with Gasteiger partial charge in [-0.05, 0) is 53.1 Å². The van der Waals surface area contributed by atoms with Crippen LogP contribution < -0.4 is 5.32 Å². The minimum absolute atomic E-state index is 0.494. The van der Waals surface area contributed by atoms with Gasteiger partial charge in [0.25, 0.3) is 0 Å². The Hall–Kier alpha value is -0.980. The van der Waals surface area contributed by atoms with Crippen LogP contribution in [0.5, 0.6) is 0 Å². The molecular weight excluding hydrogens is 415 g/mol. The molecule has 4 heteroatoms. The minimum Gasteiger partial charge on any atom is -0.373 e. The van der Waals surface area contributed by atoms with Crippen LogP contribution in [0.4, 0.5) is 0 Å². The monoisotopic (exact) mass is 436 g/mol. The molecule has 1 aliphatic heterocycles. The van der Waals surface area contributed by atoms with E-state index >= 15 is 0 Å². The van der Waals surface area contributed by atoms with Gasteiger partial charge >= 0.3 is 0 Å². The van der Waals surface area contributed by atoms with E-state index in [-0.39, 0.29) is 0 Å². The van der Waals surface area contributed by atoms with Crippen molar-refractivity contribution in [3.8, 4) is 0 Å². The average molecular weight is 436 g/mol. The van der Waals surface area contributed by atoms with Crippen molar-refractivity contribution in [1.29, 1.82) is 0 Å². The predicted molar refractivity (Wildman–Crippen MR) is 109 cm³/mol. The summed E-state index contributed by atoms with van der Waals surface area (Å²) >= 11 is 7.87. The van der Waals surface area contributed by atoms with Crippen molar-refractivity contribution in [3.05, 3.63) is 69.3 Å². The normalized spacial score (nSPS) is 16.2. The Morgan fingerprint density at radius 1 is 1.04 bits per heavy atom. The molecule has 23 heavy (non-hydrogen) atoms. The lowest BCUT2D eigenvalue weighted by Crippen LogP contribution is -2.44. The van der Waals surface area contributed by atoms with Crippen LogP contribution in [0, 0.1) is 3.57 Å². The zero-order valence-corrected chi connectivity index (χ0v) is 16.0. The predicted octanol–water partition coefficient (Wildman–Crippen LogP) is 4.22. The van der Waals surface area contributed by atoms with Gasteiger partial charge in [-0.3, -0.25) is 4.90 Å². The number of hydrogen-bond donors (Lipinski definition) is 1. The molecule has 120 valence electrons. The third-order valence-electron chi connectivity index (χ3n) is 4.28. The number of piperidine rings is 1. The summed E-state index contributed by atoms with van der Waals surface area (Å²) in [7, 11) is 0. The maximum atomic E-state index is 5.55. The number of nitrogens with one attached hydrogen (secondary N) is 1. The summed E-state index contributed by atoms with van der Waals surface area (Å²) < 4.78 is 1.24. The first-order chi connectivity index (χ1) is 11.2. The second-order valence-corrected chi connectivity index (χ2v) is 7.67. The van der Waals surface area contributed by atoms with Crippen LogP contribution in [0.2, 0.25) is 0 Å². The summed E-state index contributed by atoms with van der Waals surface area (Å²) in [6.07, 6.45) is 2.30. The van der Waals surface area contributed by atoms with Crippen molar-refractivity contribution in [3.63, 3.8) is 0 Å². The van der Waals surface area contributed by atoms with E-state index in [1.165, 1.54) is 9.13 Å². The summed E-state index contributed by atoms with van der Waals surface area (Å²) in [6, 6.07) is 19.6. The molecule has 0 radical (unpaired) electrons. The van der Waals surface area contributed by atoms with Crippen molar-refractivity contribution in [2.24, 2.45) is 0 Å². The van der Waals surface area contributed by atoms with Gasteiger partial charge in [-0.25, -0.2) is 0 Å². The summed E-state index contributed by atoms with van der Waals surface area (Å²) in [4.78, 5) is 3.41. The van der Waals surface area contributed by atoms with Gasteiger partial charge in [-0.1, -0.05) is 54.7 Å². The quantitative estimate of drug-likeness (QED) is 0.571. The SMILES string of the molecule is S=C(NC1CCN(Cc2ccccc2)CC1)c1ccc(I)cc1. The number of hydrogen-bond acceptors (Lipinski definition) is 2. The molecule has 1 saturated heterocycles. The van der Waals surface area contributed by atoms with Gasteiger partial charge in [-0.2, -0.15) is 0 Å². The molecule has 3 rings (SSSR count). The number of thiocarbonyl (C=S) groups is 1. The van der Waals surface area contributed by atoms with Gasteiger partial charge in [0.1, 0.15) is 4.99 Å². The first kappa shape index (κ1) is 16.9. The lowest BCUT2D eigenvalue weighted by atomic mass is 10.0. The fourth-order valence-corrected chi connectivity index (χ4v) is 3.61. The molecular formula is C19H21IN2S. The third-order valence-corrected chi connectivity index (χ3v) is 5.35. The zero-order chi connectivity index (χ0) is 16.1. The standard InChI is InChI=1S/C19H21IN2S/c20-17-8-6-16(7-9-17)19(23)21-18-10-12-22(13-11-18)14-15-4-2-1-3-5-15/h1-9,18H,10-14H2,(H,21,23). The second-order valence-electron chi connectivity index (χ2n) is 6.02. The van der Waals surface area contributed by atoms with Crippen molar-refractivity contribution in [1.82, 2.24) is 10.2 Å². The molecule has 0 aromatic heterocycles. The average Bonchev–Trinajstić information content (AvgIpc) is 2.58. The van der Waals surface area contributed by atoms with Gasteiger partial charge in [-0.15, -0.1) is 0 Å². The van der Waals surface area contributed by atoms with Crippen molar-refractivity contribution in [2.45, 2.75) is 25.4 Å². The molecule has 0 aliphatic carbocycles. The first-order valence-corrected chi connectivity index (χ1v) is 9.52. The molecule has 0 spiro atoms. The Labute approximate surface area is 157 Å². The summed E-state index contributed by atoms with van der Waals surface area (Å²) in [5.74, 6) is 0. The Morgan fingerprint density at radius 2 is 1.70 bits per heavy atom. The molecule has 2 aromatic carbocycles. The van der Waals surface area contributed by atoms with Crippen LogP contribution in [-0.4, -0.2) is 29.0 Å². The Bertz CT molecular complexity index is 634. The number of likely N-dealkylation sites (tertiary alicyclic amines) is 1. The highest BCUT2D eigenvalue weighted by Gasteiger charge is 2.20. The largest absolute Gasteiger partial charge is 0.373 e. The fourth-order valence-electron chi connectivity index (χ4n) is 2.95. The van der Waals surface area contributed by atoms with Gasteiger partial charge in [0.2, 0.25) is 0 Å². The molecule has 0 atom stereocenters. The van der Waals surface area contributed by atoms with Gasteiger partial charge in [0.05, 0.1) is 0 Å². The van der Waals surface area contributed by atoms with Gasteiger partial charge < -0.3 is 5.32 Å². The molecule has 1 fully saturated rings. The summed E-state index contributed by atoms with van der Waals surface area (Å²) in [5.41, 5.74) is 2.51. The van der Waals surface area contributed by atoms with Gasteiger partial charge in [0, 0.05) is 34.8 Å². The van der Waals surface area contributed by atoms with Gasteiger partial charge in [0.15, 0.2) is 0 Å². The Balaban J connectivity index is 1.47. The highest BCUT2D eigenvalue weighted by molar-refractivity contribution is 14.1. The molecule has 2 aromatic rings. The molecule has 0 amide bonds. The van der Waals surface area contributed by atoms with E-state index in [0.29, 0.717) is 6.04 Å². The molecule has 0 bridgehead atoms. The minimum atomic E-state index is 0.494. The van der Waals surface area contributed by atoms with Crippen LogP contribution >= 0.6 is 34.8 Å². The van der Waals surface area contributed by atoms with Crippen LogP contribution in [0.3, 0.4) is 0 Å². The zero-order valence-electron chi connectivity index (χ0n) is 13.0. The summed E-state index contributed by atoms with van der Waals surface area (Å²) in [5, 5.41) is 3.54. The topological polar surface area (TPSA) is 15.3 Å². The van der Waals surface area contributed by atoms with E-state index in [1.807, 2.05) is 0 Å². The number of rotatable bonds is 4. The van der Waals surface area contributed by atoms with Crippen molar-refractivity contribution >= 4 is 39.8 Å². The van der Waals surface area contributed by atoms with Crippen molar-refractivity contribution in [2.75, 3.05) is 13.1 Å². The summed E-state index contributed by atoms with van der Waals surface area (Å²) in [6.45, 7) is 3.30. The van der Waals surface area contributed by atoms with E-state index in [9.17, 15) is 0 Å². The molecule has 0 saturated carbocycles. The van der Waals surface area contributed by atoms with Crippen molar-refractivity contribution < 1.29 is 0 Å². The Morgan fingerprint density at radius 3 is 2.35 bits per heavy atom. The molecule has 1 N–H and O–H groups in total. The lowest BCUT2D eigenvalue weighted by Gasteiger charge is -2.33. The molecule has 0 unspecified atom stereocenters. The molecule has 2 nitrogen and oxygen atoms in total. The maximum Gasteiger partial charge on any atom is 0.106 e. The lowest BCUT2D eigenvalue weighted by molar-refractivity contribution is 0.199. The van der Waals surface area contributed by atoms with Crippen LogP contribution in [0.25, 0.3) is 0 Å². The van der Waals surface area contributed by atoms with E-state index < -0.39 is 0 Å². The Kier molecular flexibility index (Phi) is 6.02. The highest BCUT2D eigenvalue weighted by Crippen LogP contribution is 2.15.